The van der Waals surface area contributed by atoms with Crippen LogP contribution in [0.2, 0.25) is 0 Å². The van der Waals surface area contributed by atoms with Gasteiger partial charge in [-0.2, -0.15) is 0 Å². The molecule has 0 N–H and O–H groups in total. The summed E-state index contributed by atoms with van der Waals surface area (Å²) in [6.45, 7) is 8.20. The largest absolute Gasteiger partial charge is 0.381 e. The Bertz CT molecular complexity index is 132. The molecule has 2 heteroatoms. The Kier molecular flexibility index (Phi) is 6.20. The average molecular weight is 200 g/mol. The van der Waals surface area contributed by atoms with Gasteiger partial charge in [-0.3, -0.25) is 0 Å². The molecular weight excluding hydrogens is 176 g/mol. The molecule has 0 radical (unpaired) electrons. The lowest BCUT2D eigenvalue weighted by atomic mass is 9.98. The van der Waals surface area contributed by atoms with Gasteiger partial charge in [-0.25, -0.2) is 0 Å². The van der Waals surface area contributed by atoms with Gasteiger partial charge >= 0.3 is 0 Å². The summed E-state index contributed by atoms with van der Waals surface area (Å²) >= 11 is 0. The topological polar surface area (TPSA) is 18.5 Å². The molecule has 1 unspecified atom stereocenters. The Hall–Kier alpha value is -0.0800. The molecule has 1 atom stereocenters. The third-order valence-electron chi connectivity index (χ3n) is 3.01. The molecular formula is C12H24O2. The van der Waals surface area contributed by atoms with Gasteiger partial charge in [-0.1, -0.05) is 33.1 Å². The van der Waals surface area contributed by atoms with Crippen molar-refractivity contribution in [3.63, 3.8) is 0 Å². The summed E-state index contributed by atoms with van der Waals surface area (Å²) in [6, 6.07) is 0. The average Bonchev–Trinajstić information content (AvgIpc) is 2.13. The van der Waals surface area contributed by atoms with E-state index in [4.69, 9.17) is 9.47 Å². The minimum absolute atomic E-state index is 0.682. The zero-order chi connectivity index (χ0) is 10.2. The van der Waals surface area contributed by atoms with E-state index < -0.39 is 0 Å². The van der Waals surface area contributed by atoms with Gasteiger partial charge in [-0.05, 0) is 12.3 Å². The van der Waals surface area contributed by atoms with E-state index in [2.05, 4.69) is 13.8 Å². The van der Waals surface area contributed by atoms with Crippen LogP contribution >= 0.6 is 0 Å². The highest BCUT2D eigenvalue weighted by Gasteiger charge is 2.18. The fourth-order valence-electron chi connectivity index (χ4n) is 1.84. The van der Waals surface area contributed by atoms with Crippen LogP contribution < -0.4 is 0 Å². The van der Waals surface area contributed by atoms with Crippen molar-refractivity contribution in [2.45, 2.75) is 39.5 Å². The maximum Gasteiger partial charge on any atom is 0.0538 e. The molecule has 0 aromatic rings. The molecule has 2 nitrogen and oxygen atoms in total. The molecule has 1 saturated heterocycles. The Morgan fingerprint density at radius 1 is 1.29 bits per heavy atom. The quantitative estimate of drug-likeness (QED) is 0.561. The molecule has 0 amide bonds. The second-order valence-corrected chi connectivity index (χ2v) is 4.33. The van der Waals surface area contributed by atoms with Crippen molar-refractivity contribution in [2.24, 2.45) is 11.8 Å². The van der Waals surface area contributed by atoms with Crippen LogP contribution in [0.5, 0.6) is 0 Å². The van der Waals surface area contributed by atoms with Gasteiger partial charge in [-0.15, -0.1) is 0 Å². The fraction of sp³-hybridized carbons (Fsp3) is 1.00. The first kappa shape index (κ1) is 12.0. The lowest BCUT2D eigenvalue weighted by molar-refractivity contribution is -0.0727. The molecule has 1 rings (SSSR count). The van der Waals surface area contributed by atoms with E-state index in [1.165, 1.54) is 25.7 Å². The summed E-state index contributed by atoms with van der Waals surface area (Å²) in [5, 5.41) is 0. The van der Waals surface area contributed by atoms with E-state index in [9.17, 15) is 0 Å². The normalized spacial score (nSPS) is 19.3. The zero-order valence-corrected chi connectivity index (χ0v) is 9.63. The van der Waals surface area contributed by atoms with Crippen molar-refractivity contribution in [1.29, 1.82) is 0 Å². The van der Waals surface area contributed by atoms with Crippen LogP contribution in [0, 0.1) is 11.8 Å². The van der Waals surface area contributed by atoms with Gasteiger partial charge in [0.15, 0.2) is 0 Å². The Labute approximate surface area is 88.0 Å². The van der Waals surface area contributed by atoms with Crippen LogP contribution in [-0.2, 0) is 9.47 Å². The van der Waals surface area contributed by atoms with Crippen molar-refractivity contribution in [3.8, 4) is 0 Å². The highest BCUT2D eigenvalue weighted by atomic mass is 16.5. The molecule has 0 aromatic heterocycles. The van der Waals surface area contributed by atoms with Crippen LogP contribution in [0.15, 0.2) is 0 Å². The van der Waals surface area contributed by atoms with Crippen molar-refractivity contribution in [1.82, 2.24) is 0 Å². The van der Waals surface area contributed by atoms with Crippen molar-refractivity contribution in [2.75, 3.05) is 26.4 Å². The molecule has 0 aromatic carbocycles. The zero-order valence-electron chi connectivity index (χ0n) is 9.63. The lowest BCUT2D eigenvalue weighted by Crippen LogP contribution is -2.31. The summed E-state index contributed by atoms with van der Waals surface area (Å²) in [4.78, 5) is 0. The minimum Gasteiger partial charge on any atom is -0.381 e. The smallest absolute Gasteiger partial charge is 0.0538 e. The van der Waals surface area contributed by atoms with Gasteiger partial charge in [0.1, 0.15) is 0 Å². The molecule has 84 valence electrons. The predicted octanol–water partition coefficient (Wildman–Crippen LogP) is 2.87. The van der Waals surface area contributed by atoms with Gasteiger partial charge < -0.3 is 9.47 Å². The predicted molar refractivity (Wildman–Crippen MR) is 58.4 cm³/mol. The van der Waals surface area contributed by atoms with Gasteiger partial charge in [0.2, 0.25) is 0 Å². The number of hydrogen-bond donors (Lipinski definition) is 0. The standard InChI is InChI=1S/C12H24O2/c1-3-5-11(4-2)6-7-13-8-12-9-14-10-12/h11-12H,3-10H2,1-2H3. The fourth-order valence-corrected chi connectivity index (χ4v) is 1.84. The second-order valence-electron chi connectivity index (χ2n) is 4.33. The van der Waals surface area contributed by atoms with Crippen molar-refractivity contribution >= 4 is 0 Å². The van der Waals surface area contributed by atoms with Crippen molar-refractivity contribution in [3.05, 3.63) is 0 Å². The third-order valence-corrected chi connectivity index (χ3v) is 3.01. The molecule has 0 saturated carbocycles. The summed E-state index contributed by atoms with van der Waals surface area (Å²) in [7, 11) is 0. The Morgan fingerprint density at radius 3 is 2.57 bits per heavy atom. The minimum atomic E-state index is 0.682. The van der Waals surface area contributed by atoms with E-state index in [0.29, 0.717) is 5.92 Å². The first-order valence-corrected chi connectivity index (χ1v) is 6.02. The maximum absolute atomic E-state index is 5.64. The van der Waals surface area contributed by atoms with Gasteiger partial charge in [0.25, 0.3) is 0 Å². The molecule has 1 fully saturated rings. The summed E-state index contributed by atoms with van der Waals surface area (Å²) < 4.78 is 10.7. The number of rotatable bonds is 8. The SMILES string of the molecule is CCCC(CC)CCOCC1COC1. The van der Waals surface area contributed by atoms with E-state index in [-0.39, 0.29) is 0 Å². The molecule has 0 bridgehead atoms. The summed E-state index contributed by atoms with van der Waals surface area (Å²) in [5.41, 5.74) is 0. The molecule has 1 aliphatic rings. The maximum atomic E-state index is 5.64. The third kappa shape index (κ3) is 4.43. The van der Waals surface area contributed by atoms with Crippen LogP contribution in [0.25, 0.3) is 0 Å². The molecule has 1 aliphatic heterocycles. The van der Waals surface area contributed by atoms with Gasteiger partial charge in [0.05, 0.1) is 19.8 Å². The summed E-state index contributed by atoms with van der Waals surface area (Å²) in [5.74, 6) is 1.55. The second kappa shape index (κ2) is 7.24. The number of hydrogen-bond acceptors (Lipinski definition) is 2. The molecule has 0 aliphatic carbocycles. The van der Waals surface area contributed by atoms with Crippen LogP contribution in [0.1, 0.15) is 39.5 Å². The molecule has 1 heterocycles. The molecule has 14 heavy (non-hydrogen) atoms. The highest BCUT2D eigenvalue weighted by Crippen LogP contribution is 2.16. The highest BCUT2D eigenvalue weighted by molar-refractivity contribution is 4.64. The number of ether oxygens (including phenoxy) is 2. The van der Waals surface area contributed by atoms with Crippen LogP contribution in [0.4, 0.5) is 0 Å². The first-order chi connectivity index (χ1) is 6.86. The van der Waals surface area contributed by atoms with Gasteiger partial charge in [0, 0.05) is 12.5 Å². The first-order valence-electron chi connectivity index (χ1n) is 6.02. The van der Waals surface area contributed by atoms with E-state index in [0.717, 1.165) is 32.3 Å². The van der Waals surface area contributed by atoms with Crippen LogP contribution in [-0.4, -0.2) is 26.4 Å². The lowest BCUT2D eigenvalue weighted by Gasteiger charge is -2.25. The Morgan fingerprint density at radius 2 is 2.07 bits per heavy atom. The van der Waals surface area contributed by atoms with E-state index in [1.54, 1.807) is 0 Å². The summed E-state index contributed by atoms with van der Waals surface area (Å²) in [6.07, 6.45) is 5.18. The van der Waals surface area contributed by atoms with Crippen LogP contribution in [0.3, 0.4) is 0 Å². The monoisotopic (exact) mass is 200 g/mol. The molecule has 0 spiro atoms. The Balaban J connectivity index is 1.89. The van der Waals surface area contributed by atoms with E-state index in [1.807, 2.05) is 0 Å². The van der Waals surface area contributed by atoms with E-state index >= 15 is 0 Å². The van der Waals surface area contributed by atoms with Crippen molar-refractivity contribution < 1.29 is 9.47 Å².